The summed E-state index contributed by atoms with van der Waals surface area (Å²) in [5.41, 5.74) is 1.12. The average molecular weight is 527 g/mol. The van der Waals surface area contributed by atoms with E-state index in [2.05, 4.69) is 49.1 Å². The molecule has 0 amide bonds. The Morgan fingerprint density at radius 1 is 1.24 bits per heavy atom. The van der Waals surface area contributed by atoms with Gasteiger partial charge in [-0.2, -0.15) is 0 Å². The summed E-state index contributed by atoms with van der Waals surface area (Å²) >= 11 is 1.82. The molecule has 8 heteroatoms. The van der Waals surface area contributed by atoms with Crippen LogP contribution < -0.4 is 20.3 Å². The third-order valence-electron chi connectivity index (χ3n) is 5.30. The molecule has 3 heterocycles. The molecule has 0 radical (unpaired) electrons. The number of hydrogen-bond acceptors (Lipinski definition) is 5. The second kappa shape index (κ2) is 11.0. The number of pyridine rings is 1. The van der Waals surface area contributed by atoms with E-state index in [9.17, 15) is 0 Å². The van der Waals surface area contributed by atoms with Crippen molar-refractivity contribution in [2.45, 2.75) is 38.3 Å². The smallest absolute Gasteiger partial charge is 0.213 e. The number of piperidine rings is 1. The lowest BCUT2D eigenvalue weighted by Gasteiger charge is -2.33. The molecule has 1 aliphatic heterocycles. The van der Waals surface area contributed by atoms with Gasteiger partial charge in [0.15, 0.2) is 5.96 Å². The van der Waals surface area contributed by atoms with Crippen molar-refractivity contribution in [1.82, 2.24) is 15.6 Å². The van der Waals surface area contributed by atoms with Gasteiger partial charge in [0.05, 0.1) is 11.6 Å². The summed E-state index contributed by atoms with van der Waals surface area (Å²) < 4.78 is 5.70. The predicted octanol–water partition coefficient (Wildman–Crippen LogP) is 3.88. The van der Waals surface area contributed by atoms with Crippen LogP contribution in [0.5, 0.6) is 5.88 Å². The number of anilines is 1. The molecule has 1 saturated carbocycles. The van der Waals surface area contributed by atoms with Crippen molar-refractivity contribution in [3.05, 3.63) is 41.4 Å². The van der Waals surface area contributed by atoms with E-state index in [0.717, 1.165) is 55.9 Å². The van der Waals surface area contributed by atoms with Crippen LogP contribution in [0.25, 0.3) is 0 Å². The van der Waals surface area contributed by atoms with Gasteiger partial charge < -0.3 is 20.3 Å². The molecule has 6 nitrogen and oxygen atoms in total. The summed E-state index contributed by atoms with van der Waals surface area (Å²) in [7, 11) is 1.82. The maximum Gasteiger partial charge on any atom is 0.213 e. The fraction of sp³-hybridized carbons (Fsp3) is 0.524. The van der Waals surface area contributed by atoms with Gasteiger partial charge in [-0.05, 0) is 54.7 Å². The van der Waals surface area contributed by atoms with Gasteiger partial charge in [0, 0.05) is 45.0 Å². The molecule has 1 aliphatic carbocycles. The summed E-state index contributed by atoms with van der Waals surface area (Å²) in [5, 5.41) is 10.5. The lowest BCUT2D eigenvalue weighted by Crippen LogP contribution is -2.48. The van der Waals surface area contributed by atoms with E-state index in [0.29, 0.717) is 12.6 Å². The number of aliphatic imine (C=N–C) groups is 1. The first-order chi connectivity index (χ1) is 13.8. The van der Waals surface area contributed by atoms with E-state index in [1.54, 1.807) is 0 Å². The molecule has 1 saturated heterocycles. The highest BCUT2D eigenvalue weighted by Gasteiger charge is 2.22. The molecular formula is C21H30IN5OS. The van der Waals surface area contributed by atoms with Gasteiger partial charge >= 0.3 is 0 Å². The van der Waals surface area contributed by atoms with Crippen molar-refractivity contribution in [3.63, 3.8) is 0 Å². The third-order valence-corrected chi connectivity index (χ3v) is 6.23. The number of nitrogens with zero attached hydrogens (tertiary/aromatic N) is 3. The van der Waals surface area contributed by atoms with Crippen LogP contribution in [-0.2, 0) is 6.54 Å². The Morgan fingerprint density at radius 3 is 2.69 bits per heavy atom. The quantitative estimate of drug-likeness (QED) is 0.325. The normalized spacial score (nSPS) is 17.6. The van der Waals surface area contributed by atoms with Gasteiger partial charge in [-0.3, -0.25) is 4.99 Å². The second-order valence-corrected chi connectivity index (χ2v) is 8.47. The van der Waals surface area contributed by atoms with Crippen molar-refractivity contribution >= 4 is 46.3 Å². The molecule has 29 heavy (non-hydrogen) atoms. The number of nitrogens with one attached hydrogen (secondary N) is 2. The molecule has 158 valence electrons. The van der Waals surface area contributed by atoms with Crippen molar-refractivity contribution in [2.24, 2.45) is 10.9 Å². The molecule has 0 spiro atoms. The number of halogens is 1. The van der Waals surface area contributed by atoms with Crippen LogP contribution >= 0.6 is 35.3 Å². The molecule has 0 atom stereocenters. The van der Waals surface area contributed by atoms with Crippen LogP contribution in [0.2, 0.25) is 0 Å². The summed E-state index contributed by atoms with van der Waals surface area (Å²) in [5.74, 6) is 2.31. The molecule has 2 fully saturated rings. The SMILES string of the molecule is CN=C(NCc1ccc(OCC2CC2)nc1)NC1CCN(c2cccs2)CC1.I. The van der Waals surface area contributed by atoms with E-state index >= 15 is 0 Å². The maximum absolute atomic E-state index is 5.70. The molecular weight excluding hydrogens is 497 g/mol. The zero-order valence-corrected chi connectivity index (χ0v) is 20.0. The van der Waals surface area contributed by atoms with Gasteiger partial charge in [-0.15, -0.1) is 35.3 Å². The minimum absolute atomic E-state index is 0. The number of thiophene rings is 1. The van der Waals surface area contributed by atoms with Crippen LogP contribution in [0.1, 0.15) is 31.2 Å². The molecule has 2 aromatic rings. The summed E-state index contributed by atoms with van der Waals surface area (Å²) in [6, 6.07) is 8.80. The summed E-state index contributed by atoms with van der Waals surface area (Å²) in [4.78, 5) is 11.3. The predicted molar refractivity (Wildman–Crippen MR) is 131 cm³/mol. The Balaban J connectivity index is 0.00000240. The van der Waals surface area contributed by atoms with Crippen LogP contribution in [0.4, 0.5) is 5.00 Å². The third kappa shape index (κ3) is 6.74. The van der Waals surface area contributed by atoms with Gasteiger partial charge in [-0.25, -0.2) is 4.98 Å². The van der Waals surface area contributed by atoms with Crippen LogP contribution in [0.15, 0.2) is 40.8 Å². The topological polar surface area (TPSA) is 61.8 Å². The highest BCUT2D eigenvalue weighted by Crippen LogP contribution is 2.29. The summed E-state index contributed by atoms with van der Waals surface area (Å²) in [6.07, 6.45) is 6.70. The van der Waals surface area contributed by atoms with Crippen molar-refractivity contribution in [1.29, 1.82) is 0 Å². The largest absolute Gasteiger partial charge is 0.477 e. The molecule has 0 bridgehead atoms. The van der Waals surface area contributed by atoms with E-state index in [1.165, 1.54) is 17.8 Å². The van der Waals surface area contributed by atoms with Crippen LogP contribution in [0.3, 0.4) is 0 Å². The van der Waals surface area contributed by atoms with Gasteiger partial charge in [-0.1, -0.05) is 6.07 Å². The number of aromatic nitrogens is 1. The average Bonchev–Trinajstić information content (AvgIpc) is 3.41. The van der Waals surface area contributed by atoms with Gasteiger partial charge in [0.2, 0.25) is 5.88 Å². The monoisotopic (exact) mass is 527 g/mol. The molecule has 2 aromatic heterocycles. The van der Waals surface area contributed by atoms with Crippen molar-refractivity contribution < 1.29 is 4.74 Å². The first-order valence-electron chi connectivity index (χ1n) is 10.1. The van der Waals surface area contributed by atoms with Crippen molar-refractivity contribution in [3.8, 4) is 5.88 Å². The second-order valence-electron chi connectivity index (χ2n) is 7.54. The van der Waals surface area contributed by atoms with E-state index < -0.39 is 0 Å². The van der Waals surface area contributed by atoms with Crippen LogP contribution in [-0.4, -0.2) is 43.7 Å². The molecule has 0 unspecified atom stereocenters. The molecule has 0 aromatic carbocycles. The van der Waals surface area contributed by atoms with E-state index in [4.69, 9.17) is 4.74 Å². The minimum Gasteiger partial charge on any atom is -0.477 e. The Hall–Kier alpha value is -1.55. The van der Waals surface area contributed by atoms with Gasteiger partial charge in [0.25, 0.3) is 0 Å². The lowest BCUT2D eigenvalue weighted by molar-refractivity contribution is 0.288. The van der Waals surface area contributed by atoms with E-state index in [1.807, 2.05) is 30.6 Å². The molecule has 2 N–H and O–H groups in total. The Kier molecular flexibility index (Phi) is 8.40. The lowest BCUT2D eigenvalue weighted by atomic mass is 10.1. The molecule has 4 rings (SSSR count). The standard InChI is InChI=1S/C21H29N5OS.HI/c1-22-21(25-18-8-10-26(11-9-18)20-3-2-12-28-20)24-14-17-6-7-19(23-13-17)27-15-16-4-5-16;/h2-3,6-7,12-13,16,18H,4-5,8-11,14-15H2,1H3,(H2,22,24,25);1H. The minimum atomic E-state index is 0. The Bertz CT molecular complexity index is 756. The fourth-order valence-electron chi connectivity index (χ4n) is 3.36. The molecule has 2 aliphatic rings. The Morgan fingerprint density at radius 2 is 2.07 bits per heavy atom. The Labute approximate surface area is 194 Å². The first kappa shape index (κ1) is 22.1. The fourth-order valence-corrected chi connectivity index (χ4v) is 4.14. The highest BCUT2D eigenvalue weighted by atomic mass is 127. The first-order valence-corrected chi connectivity index (χ1v) is 11.0. The maximum atomic E-state index is 5.70. The zero-order chi connectivity index (χ0) is 19.2. The van der Waals surface area contributed by atoms with Gasteiger partial charge in [0.1, 0.15) is 0 Å². The number of guanidine groups is 1. The number of ether oxygens (including phenoxy) is 1. The van der Waals surface area contributed by atoms with Crippen molar-refractivity contribution in [2.75, 3.05) is 31.6 Å². The summed E-state index contributed by atoms with van der Waals surface area (Å²) in [6.45, 7) is 3.67. The van der Waals surface area contributed by atoms with Crippen LogP contribution in [0, 0.1) is 5.92 Å². The zero-order valence-electron chi connectivity index (χ0n) is 16.8. The number of hydrogen-bond donors (Lipinski definition) is 2. The van der Waals surface area contributed by atoms with E-state index in [-0.39, 0.29) is 24.0 Å². The number of rotatable bonds is 7. The highest BCUT2D eigenvalue weighted by molar-refractivity contribution is 14.0.